The van der Waals surface area contributed by atoms with E-state index in [4.69, 9.17) is 0 Å². The Morgan fingerprint density at radius 1 is 0.750 bits per heavy atom. The summed E-state index contributed by atoms with van der Waals surface area (Å²) in [6, 6.07) is 0. The molecular weight excluding hydrogens is 547 g/mol. The molecule has 0 aromatic carbocycles. The molecule has 10 heteroatoms. The molecule has 3 aromatic rings. The van der Waals surface area contributed by atoms with Gasteiger partial charge in [-0.25, -0.2) is 14.0 Å². The molecule has 0 saturated carbocycles. The smallest absolute Gasteiger partial charge is 0.226 e. The van der Waals surface area contributed by atoms with Crippen LogP contribution >= 0.6 is 47.8 Å². The molecule has 0 atom stereocenters. The van der Waals surface area contributed by atoms with E-state index in [1.54, 1.807) is 44.8 Å². The van der Waals surface area contributed by atoms with E-state index in [0.29, 0.717) is 0 Å². The zero-order valence-corrected chi connectivity index (χ0v) is 18.2. The number of rotatable bonds is 4. The van der Waals surface area contributed by atoms with Gasteiger partial charge in [-0.1, -0.05) is 25.3 Å². The van der Waals surface area contributed by atoms with Crippen molar-refractivity contribution in [3.63, 3.8) is 0 Å². The summed E-state index contributed by atoms with van der Waals surface area (Å²) in [4.78, 5) is 0. The fraction of sp³-hybridized carbons (Fsp3) is 0.0714. The first-order valence-electron chi connectivity index (χ1n) is 6.37. The van der Waals surface area contributed by atoms with E-state index in [2.05, 4.69) is 76.2 Å². The van der Waals surface area contributed by atoms with Gasteiger partial charge in [0.1, 0.15) is 0 Å². The minimum Gasteiger partial charge on any atom is -0.226 e. The summed E-state index contributed by atoms with van der Waals surface area (Å²) in [6.07, 6.45) is 13.8. The van der Waals surface area contributed by atoms with Crippen LogP contribution < -0.4 is 0 Å². The van der Waals surface area contributed by atoms with Crippen LogP contribution in [0.5, 0.6) is 0 Å². The predicted molar refractivity (Wildman–Crippen MR) is 100 cm³/mol. The van der Waals surface area contributed by atoms with Crippen molar-refractivity contribution < 1.29 is 17.1 Å². The van der Waals surface area contributed by atoms with Crippen LogP contribution in [-0.2, 0) is 17.1 Å². The first-order chi connectivity index (χ1) is 11.0. The van der Waals surface area contributed by atoms with Crippen LogP contribution in [0.3, 0.4) is 0 Å². The van der Waals surface area contributed by atoms with Crippen molar-refractivity contribution in [1.82, 2.24) is 29.3 Å². The molecule has 0 spiro atoms. The molecule has 24 heavy (non-hydrogen) atoms. The Morgan fingerprint density at radius 2 is 1.04 bits per heavy atom. The fourth-order valence-electron chi connectivity index (χ4n) is 1.69. The molecule has 0 aliphatic rings. The van der Waals surface area contributed by atoms with Crippen LogP contribution in [0.4, 0.5) is 0 Å². The van der Waals surface area contributed by atoms with Crippen molar-refractivity contribution in [2.24, 2.45) is 0 Å². The zero-order valence-electron chi connectivity index (χ0n) is 12.3. The maximum absolute atomic E-state index is 4.30. The van der Waals surface area contributed by atoms with Crippen molar-refractivity contribution in [2.45, 2.75) is 6.29 Å². The standard InChI is InChI=1S/C10H7Br3N6.C4H6.Mn/c11-7-1-14-17(4-7)10(18-5-8(12)2-15-18)19-6-9(13)3-16-19;1-3-4-2;/h1-6,10H;3-4H,1-2H2;. The quantitative estimate of drug-likeness (QED) is 0.350. The molecule has 0 unspecified atom stereocenters. The summed E-state index contributed by atoms with van der Waals surface area (Å²) >= 11 is 10.2. The molecule has 0 N–H and O–H groups in total. The van der Waals surface area contributed by atoms with Gasteiger partial charge in [-0.15, -0.1) is 0 Å². The average Bonchev–Trinajstić information content (AvgIpc) is 3.24. The van der Waals surface area contributed by atoms with Crippen LogP contribution in [0.25, 0.3) is 0 Å². The molecule has 0 fully saturated rings. The SMILES string of the molecule is Brc1cnn(C(n2cc(Br)cn2)n2cc(Br)cn2)c1.C=CC=C.[Mn]. The van der Waals surface area contributed by atoms with E-state index in [1.165, 1.54) is 0 Å². The van der Waals surface area contributed by atoms with Crippen molar-refractivity contribution in [1.29, 1.82) is 0 Å². The topological polar surface area (TPSA) is 53.5 Å². The van der Waals surface area contributed by atoms with Gasteiger partial charge in [-0.2, -0.15) is 15.3 Å². The van der Waals surface area contributed by atoms with E-state index in [-0.39, 0.29) is 23.4 Å². The number of halogens is 3. The second kappa shape index (κ2) is 10.1. The first-order valence-corrected chi connectivity index (χ1v) is 8.75. The summed E-state index contributed by atoms with van der Waals surface area (Å²) in [7, 11) is 0. The molecule has 0 amide bonds. The first kappa shape index (κ1) is 21.1. The third-order valence-corrected chi connectivity index (χ3v) is 3.82. The predicted octanol–water partition coefficient (Wildman–Crippen LogP) is 4.47. The Morgan fingerprint density at radius 3 is 1.21 bits per heavy atom. The van der Waals surface area contributed by atoms with Gasteiger partial charge in [0.2, 0.25) is 6.29 Å². The number of hydrogen-bond acceptors (Lipinski definition) is 3. The third kappa shape index (κ3) is 5.56. The van der Waals surface area contributed by atoms with Gasteiger partial charge in [-0.3, -0.25) is 0 Å². The van der Waals surface area contributed by atoms with Crippen molar-refractivity contribution in [3.05, 3.63) is 75.9 Å². The summed E-state index contributed by atoms with van der Waals surface area (Å²) in [5.41, 5.74) is 0. The summed E-state index contributed by atoms with van der Waals surface area (Å²) < 4.78 is 7.99. The molecular formula is C14H13Br3MnN6. The maximum atomic E-state index is 4.30. The Labute approximate surface area is 175 Å². The van der Waals surface area contributed by atoms with Crippen LogP contribution in [-0.4, -0.2) is 29.3 Å². The second-order valence-electron chi connectivity index (χ2n) is 4.23. The summed E-state index contributed by atoms with van der Waals surface area (Å²) in [6.45, 7) is 6.72. The Balaban J connectivity index is 0.000000522. The minimum atomic E-state index is -0.302. The fourth-order valence-corrected chi connectivity index (χ4v) is 2.59. The summed E-state index contributed by atoms with van der Waals surface area (Å²) in [5.74, 6) is 0. The van der Waals surface area contributed by atoms with E-state index in [0.717, 1.165) is 13.4 Å². The molecule has 1 radical (unpaired) electrons. The summed E-state index contributed by atoms with van der Waals surface area (Å²) in [5, 5.41) is 12.9. The van der Waals surface area contributed by atoms with Gasteiger partial charge in [0, 0.05) is 35.7 Å². The van der Waals surface area contributed by atoms with Gasteiger partial charge in [0.05, 0.1) is 32.0 Å². The third-order valence-electron chi connectivity index (χ3n) is 2.59. The molecule has 127 valence electrons. The van der Waals surface area contributed by atoms with Crippen LogP contribution in [0.1, 0.15) is 6.29 Å². The van der Waals surface area contributed by atoms with Gasteiger partial charge in [0.15, 0.2) is 0 Å². The monoisotopic (exact) mass is 557 g/mol. The number of hydrogen-bond donors (Lipinski definition) is 0. The van der Waals surface area contributed by atoms with Crippen molar-refractivity contribution in [2.75, 3.05) is 0 Å². The molecule has 3 aromatic heterocycles. The number of allylic oxidation sites excluding steroid dienone is 2. The normalized spacial score (nSPS) is 9.83. The molecule has 3 heterocycles. The van der Waals surface area contributed by atoms with Crippen LogP contribution in [0.15, 0.2) is 75.9 Å². The van der Waals surface area contributed by atoms with E-state index in [9.17, 15) is 0 Å². The number of nitrogens with zero attached hydrogens (tertiary/aromatic N) is 6. The minimum absolute atomic E-state index is 0. The van der Waals surface area contributed by atoms with Crippen LogP contribution in [0, 0.1) is 0 Å². The zero-order chi connectivity index (χ0) is 16.8. The average molecular weight is 560 g/mol. The van der Waals surface area contributed by atoms with Gasteiger partial charge < -0.3 is 0 Å². The van der Waals surface area contributed by atoms with Gasteiger partial charge in [0.25, 0.3) is 0 Å². The van der Waals surface area contributed by atoms with E-state index >= 15 is 0 Å². The molecule has 0 bridgehead atoms. The Hall–Kier alpha value is -0.931. The maximum Gasteiger partial charge on any atom is 0.238 e. The molecule has 0 aliphatic carbocycles. The molecule has 3 rings (SSSR count). The molecule has 6 nitrogen and oxygen atoms in total. The van der Waals surface area contributed by atoms with Gasteiger partial charge >= 0.3 is 0 Å². The number of aromatic nitrogens is 6. The largest absolute Gasteiger partial charge is 0.238 e. The van der Waals surface area contributed by atoms with E-state index in [1.807, 2.05) is 18.6 Å². The Bertz CT molecular complexity index is 692. The second-order valence-corrected chi connectivity index (χ2v) is 6.98. The Kier molecular flexibility index (Phi) is 8.93. The van der Waals surface area contributed by atoms with Gasteiger partial charge in [-0.05, 0) is 47.8 Å². The van der Waals surface area contributed by atoms with Crippen molar-refractivity contribution in [3.8, 4) is 0 Å². The molecule has 0 saturated heterocycles. The van der Waals surface area contributed by atoms with Crippen LogP contribution in [0.2, 0.25) is 0 Å². The molecule has 0 aliphatic heterocycles. The van der Waals surface area contributed by atoms with Crippen molar-refractivity contribution >= 4 is 47.8 Å². The van der Waals surface area contributed by atoms with E-state index < -0.39 is 0 Å².